The van der Waals surface area contributed by atoms with Gasteiger partial charge in [-0.15, -0.1) is 0 Å². The van der Waals surface area contributed by atoms with Gasteiger partial charge in [0.15, 0.2) is 0 Å². The molecule has 1 aromatic heterocycles. The summed E-state index contributed by atoms with van der Waals surface area (Å²) in [6.07, 6.45) is -7.93. The predicted octanol–water partition coefficient (Wildman–Crippen LogP) is 2.74. The van der Waals surface area contributed by atoms with Crippen LogP contribution in [0.4, 0.5) is 22.0 Å². The number of alkyl halides is 5. The highest BCUT2D eigenvalue weighted by Gasteiger charge is 2.36. The molecular weight excluding hydrogens is 237 g/mol. The van der Waals surface area contributed by atoms with Crippen molar-refractivity contribution in [3.8, 4) is 0 Å². The third-order valence-corrected chi connectivity index (χ3v) is 1.68. The maximum Gasteiger partial charge on any atom is 0.417 e. The number of carbonyl (C=O) groups is 1. The summed E-state index contributed by atoms with van der Waals surface area (Å²) in [5.74, 6) is -1.87. The maximum atomic E-state index is 12.3. The van der Waals surface area contributed by atoms with Crippen molar-refractivity contribution in [2.75, 3.05) is 0 Å². The molecule has 0 saturated carbocycles. The second-order valence-electron chi connectivity index (χ2n) is 2.76. The Labute approximate surface area is 85.5 Å². The lowest BCUT2D eigenvalue weighted by atomic mass is 10.1. The number of hydrogen-bond donors (Lipinski definition) is 1. The van der Waals surface area contributed by atoms with Crippen LogP contribution >= 0.6 is 0 Å². The zero-order valence-corrected chi connectivity index (χ0v) is 7.42. The molecule has 16 heavy (non-hydrogen) atoms. The van der Waals surface area contributed by atoms with Crippen LogP contribution in [0.1, 0.15) is 28.0 Å². The van der Waals surface area contributed by atoms with E-state index in [0.717, 1.165) is 0 Å². The zero-order chi connectivity index (χ0) is 12.5. The number of hydrogen-bond acceptors (Lipinski definition) is 2. The van der Waals surface area contributed by atoms with Gasteiger partial charge in [-0.25, -0.2) is 13.6 Å². The number of rotatable bonds is 2. The van der Waals surface area contributed by atoms with Crippen molar-refractivity contribution >= 4 is 5.97 Å². The minimum atomic E-state index is -5.01. The Morgan fingerprint density at radius 2 is 1.94 bits per heavy atom. The molecular formula is C8H4F5NO2. The third kappa shape index (κ3) is 2.44. The van der Waals surface area contributed by atoms with Crippen LogP contribution in [0.5, 0.6) is 0 Å². The molecule has 8 heteroatoms. The second kappa shape index (κ2) is 4.03. The van der Waals surface area contributed by atoms with Crippen molar-refractivity contribution in [2.45, 2.75) is 12.6 Å². The molecule has 88 valence electrons. The van der Waals surface area contributed by atoms with Crippen LogP contribution in [-0.4, -0.2) is 16.1 Å². The average Bonchev–Trinajstić information content (AvgIpc) is 2.15. The van der Waals surface area contributed by atoms with Gasteiger partial charge in [-0.2, -0.15) is 13.2 Å². The van der Waals surface area contributed by atoms with Crippen molar-refractivity contribution in [3.63, 3.8) is 0 Å². The number of aromatic nitrogens is 1. The van der Waals surface area contributed by atoms with Gasteiger partial charge < -0.3 is 5.11 Å². The third-order valence-electron chi connectivity index (χ3n) is 1.68. The summed E-state index contributed by atoms with van der Waals surface area (Å²) in [5.41, 5.74) is -3.90. The molecule has 1 rings (SSSR count). The molecule has 0 radical (unpaired) electrons. The van der Waals surface area contributed by atoms with E-state index in [-0.39, 0.29) is 12.3 Å². The summed E-state index contributed by atoms with van der Waals surface area (Å²) in [5, 5.41) is 8.43. The van der Waals surface area contributed by atoms with E-state index in [4.69, 9.17) is 5.11 Å². The molecule has 1 N–H and O–H groups in total. The van der Waals surface area contributed by atoms with Crippen molar-refractivity contribution in [1.82, 2.24) is 4.98 Å². The molecule has 0 aliphatic carbocycles. The van der Waals surface area contributed by atoms with E-state index in [0.29, 0.717) is 0 Å². The van der Waals surface area contributed by atoms with Gasteiger partial charge in [-0.1, -0.05) is 0 Å². The maximum absolute atomic E-state index is 12.3. The van der Waals surface area contributed by atoms with Crippen LogP contribution in [0.2, 0.25) is 0 Å². The van der Waals surface area contributed by atoms with Gasteiger partial charge in [-0.3, -0.25) is 4.98 Å². The lowest BCUT2D eigenvalue weighted by molar-refractivity contribution is -0.138. The van der Waals surface area contributed by atoms with Crippen molar-refractivity contribution in [1.29, 1.82) is 0 Å². The highest BCUT2D eigenvalue weighted by molar-refractivity contribution is 5.89. The first-order valence-electron chi connectivity index (χ1n) is 3.82. The molecule has 0 saturated heterocycles. The van der Waals surface area contributed by atoms with Crippen LogP contribution in [0.25, 0.3) is 0 Å². The summed E-state index contributed by atoms with van der Waals surface area (Å²) in [7, 11) is 0. The van der Waals surface area contributed by atoms with Gasteiger partial charge in [-0.05, 0) is 6.07 Å². The van der Waals surface area contributed by atoms with E-state index in [1.165, 1.54) is 0 Å². The molecule has 0 aliphatic heterocycles. The van der Waals surface area contributed by atoms with E-state index in [9.17, 15) is 26.7 Å². The summed E-state index contributed by atoms with van der Waals surface area (Å²) in [4.78, 5) is 13.4. The van der Waals surface area contributed by atoms with Crippen LogP contribution in [0.15, 0.2) is 12.3 Å². The predicted molar refractivity (Wildman–Crippen MR) is 41.2 cm³/mol. The van der Waals surface area contributed by atoms with Gasteiger partial charge >= 0.3 is 12.1 Å². The number of carboxylic acid groups (broad SMARTS) is 1. The molecule has 3 nitrogen and oxygen atoms in total. The van der Waals surface area contributed by atoms with E-state index in [1.54, 1.807) is 0 Å². The van der Waals surface area contributed by atoms with Gasteiger partial charge in [0.05, 0.1) is 11.1 Å². The first-order valence-corrected chi connectivity index (χ1v) is 3.82. The van der Waals surface area contributed by atoms with Crippen molar-refractivity contribution < 1.29 is 31.9 Å². The fourth-order valence-electron chi connectivity index (χ4n) is 0.996. The Kier molecular flexibility index (Phi) is 3.11. The number of halogens is 5. The summed E-state index contributed by atoms with van der Waals surface area (Å²) in [6.45, 7) is 0. The van der Waals surface area contributed by atoms with Crippen LogP contribution in [0.3, 0.4) is 0 Å². The van der Waals surface area contributed by atoms with Gasteiger partial charge in [0.1, 0.15) is 5.69 Å². The number of pyridine rings is 1. The first kappa shape index (κ1) is 12.3. The summed E-state index contributed by atoms with van der Waals surface area (Å²) >= 11 is 0. The molecule has 0 atom stereocenters. The van der Waals surface area contributed by atoms with Crippen LogP contribution in [-0.2, 0) is 6.18 Å². The summed E-state index contributed by atoms with van der Waals surface area (Å²) < 4.78 is 61.1. The average molecular weight is 241 g/mol. The molecule has 0 aromatic carbocycles. The molecule has 0 bridgehead atoms. The molecule has 1 aromatic rings. The normalized spacial score (nSPS) is 11.9. The summed E-state index contributed by atoms with van der Waals surface area (Å²) in [6, 6.07) is 0.0358. The Balaban J connectivity index is 3.39. The Morgan fingerprint density at radius 1 is 1.38 bits per heavy atom. The minimum Gasteiger partial charge on any atom is -0.478 e. The number of aromatic carboxylic acids is 1. The highest BCUT2D eigenvalue weighted by Crippen LogP contribution is 2.33. The smallest absolute Gasteiger partial charge is 0.417 e. The van der Waals surface area contributed by atoms with Gasteiger partial charge in [0.25, 0.3) is 6.43 Å². The standard InChI is InChI=1S/C8H4F5NO2/c9-6(10)5-1-4(8(11,12)13)3(2-14-5)7(15)16/h1-2,6H,(H,15,16). The van der Waals surface area contributed by atoms with Crippen molar-refractivity contribution in [3.05, 3.63) is 29.1 Å². The fraction of sp³-hybridized carbons (Fsp3) is 0.250. The largest absolute Gasteiger partial charge is 0.478 e. The Morgan fingerprint density at radius 3 is 2.31 bits per heavy atom. The second-order valence-corrected chi connectivity index (χ2v) is 2.76. The molecule has 0 fully saturated rings. The topological polar surface area (TPSA) is 50.2 Å². The highest BCUT2D eigenvalue weighted by atomic mass is 19.4. The molecule has 0 unspecified atom stereocenters. The van der Waals surface area contributed by atoms with Crippen LogP contribution in [0, 0.1) is 0 Å². The lowest BCUT2D eigenvalue weighted by Gasteiger charge is -2.10. The monoisotopic (exact) mass is 241 g/mol. The number of nitrogens with zero attached hydrogens (tertiary/aromatic N) is 1. The van der Waals surface area contributed by atoms with Gasteiger partial charge in [0.2, 0.25) is 0 Å². The minimum absolute atomic E-state index is 0.0358. The lowest BCUT2D eigenvalue weighted by Crippen LogP contribution is -2.14. The zero-order valence-electron chi connectivity index (χ0n) is 7.42. The van der Waals surface area contributed by atoms with E-state index < -0.39 is 35.4 Å². The Hall–Kier alpha value is -1.73. The van der Waals surface area contributed by atoms with Crippen LogP contribution < -0.4 is 0 Å². The van der Waals surface area contributed by atoms with Crippen molar-refractivity contribution in [2.24, 2.45) is 0 Å². The number of carboxylic acids is 1. The fourth-order valence-corrected chi connectivity index (χ4v) is 0.996. The van der Waals surface area contributed by atoms with Gasteiger partial charge in [0, 0.05) is 6.20 Å². The molecule has 0 amide bonds. The Bertz CT molecular complexity index is 415. The first-order chi connectivity index (χ1) is 7.23. The molecule has 0 aliphatic rings. The van der Waals surface area contributed by atoms with E-state index >= 15 is 0 Å². The molecule has 0 spiro atoms. The quantitative estimate of drug-likeness (QED) is 0.810. The molecule has 1 heterocycles. The SMILES string of the molecule is O=C(O)c1cnc(C(F)F)cc1C(F)(F)F. The van der Waals surface area contributed by atoms with E-state index in [1.807, 2.05) is 0 Å². The van der Waals surface area contributed by atoms with E-state index in [2.05, 4.69) is 4.98 Å².